The van der Waals surface area contributed by atoms with Crippen molar-refractivity contribution in [1.29, 1.82) is 0 Å². The quantitative estimate of drug-likeness (QED) is 0.841. The van der Waals surface area contributed by atoms with Gasteiger partial charge < -0.3 is 15.1 Å². The van der Waals surface area contributed by atoms with Crippen molar-refractivity contribution in [3.05, 3.63) is 53.3 Å². The van der Waals surface area contributed by atoms with E-state index in [2.05, 4.69) is 34.4 Å². The van der Waals surface area contributed by atoms with Crippen LogP contribution in [0, 0.1) is 0 Å². The van der Waals surface area contributed by atoms with Gasteiger partial charge in [0.15, 0.2) is 0 Å². The number of nitrogens with zero attached hydrogens (tertiary/aromatic N) is 4. The molecule has 0 saturated heterocycles. The van der Waals surface area contributed by atoms with Crippen LogP contribution in [-0.4, -0.2) is 46.8 Å². The van der Waals surface area contributed by atoms with E-state index >= 15 is 0 Å². The fraction of sp³-hybridized carbons (Fsp3) is 0.474. The average Bonchev–Trinajstić information content (AvgIpc) is 2.99. The molecule has 25 heavy (non-hydrogen) atoms. The van der Waals surface area contributed by atoms with E-state index in [1.54, 1.807) is 15.8 Å². The van der Waals surface area contributed by atoms with Crippen molar-refractivity contribution in [2.45, 2.75) is 32.5 Å². The van der Waals surface area contributed by atoms with E-state index in [0.29, 0.717) is 6.54 Å². The van der Waals surface area contributed by atoms with Crippen molar-refractivity contribution < 1.29 is 4.79 Å². The molecule has 2 rings (SSSR count). The summed E-state index contributed by atoms with van der Waals surface area (Å²) in [5, 5.41) is 7.30. The molecule has 1 heterocycles. The second kappa shape index (κ2) is 8.67. The fourth-order valence-corrected chi connectivity index (χ4v) is 2.90. The number of aryl methyl sites for hydroxylation is 1. The normalized spacial score (nSPS) is 12.2. The lowest BCUT2D eigenvalue weighted by molar-refractivity contribution is 0.201. The van der Waals surface area contributed by atoms with Crippen LogP contribution >= 0.6 is 0 Å². The third-order valence-corrected chi connectivity index (χ3v) is 4.28. The van der Waals surface area contributed by atoms with Gasteiger partial charge in [-0.2, -0.15) is 5.10 Å². The molecule has 0 radical (unpaired) electrons. The van der Waals surface area contributed by atoms with Crippen molar-refractivity contribution in [1.82, 2.24) is 24.9 Å². The highest BCUT2D eigenvalue weighted by molar-refractivity contribution is 5.74. The molecule has 0 bridgehead atoms. The number of aromatic nitrogens is 2. The predicted octanol–water partition coefficient (Wildman–Crippen LogP) is 2.77. The maximum absolute atomic E-state index is 12.6. The van der Waals surface area contributed by atoms with Crippen LogP contribution in [-0.2, 0) is 20.1 Å². The van der Waals surface area contributed by atoms with Crippen LogP contribution in [0.5, 0.6) is 0 Å². The number of nitrogens with one attached hydrogen (secondary N) is 1. The summed E-state index contributed by atoms with van der Waals surface area (Å²) in [6.07, 6.45) is 2.57. The Hall–Kier alpha value is -2.34. The Morgan fingerprint density at radius 1 is 1.16 bits per heavy atom. The highest BCUT2D eigenvalue weighted by Gasteiger charge is 2.18. The standard InChI is InChI=1S/C19H29N5O/c1-6-17(18-11-12-20-24(18)5)21-19(25)23(4)14-16-10-8-7-9-15(16)13-22(2)3/h7-12,17H,6,13-14H2,1-5H3,(H,21,25)/t17-/m1/s1. The molecule has 0 spiro atoms. The minimum absolute atomic E-state index is 0.0422. The molecule has 0 saturated carbocycles. The highest BCUT2D eigenvalue weighted by Crippen LogP contribution is 2.17. The summed E-state index contributed by atoms with van der Waals surface area (Å²) in [6.45, 7) is 3.50. The molecule has 2 aromatic rings. The van der Waals surface area contributed by atoms with Crippen LogP contribution in [0.1, 0.15) is 36.2 Å². The molecule has 0 aliphatic heterocycles. The average molecular weight is 343 g/mol. The topological polar surface area (TPSA) is 53.4 Å². The van der Waals surface area contributed by atoms with Crippen LogP contribution in [0.15, 0.2) is 36.5 Å². The Morgan fingerprint density at radius 3 is 2.32 bits per heavy atom. The summed E-state index contributed by atoms with van der Waals surface area (Å²) in [6, 6.07) is 10.1. The molecule has 6 heteroatoms. The number of hydrogen-bond acceptors (Lipinski definition) is 3. The Labute approximate surface area is 150 Å². The van der Waals surface area contributed by atoms with E-state index in [4.69, 9.17) is 0 Å². The second-order valence-electron chi connectivity index (χ2n) is 6.65. The Kier molecular flexibility index (Phi) is 6.58. The van der Waals surface area contributed by atoms with E-state index in [1.807, 2.05) is 46.4 Å². The lowest BCUT2D eigenvalue weighted by atomic mass is 10.1. The maximum atomic E-state index is 12.6. The number of carbonyl (C=O) groups is 1. The van der Waals surface area contributed by atoms with Gasteiger partial charge in [0.05, 0.1) is 11.7 Å². The summed E-state index contributed by atoms with van der Waals surface area (Å²) in [7, 11) is 7.82. The van der Waals surface area contributed by atoms with Crippen LogP contribution in [0.2, 0.25) is 0 Å². The lowest BCUT2D eigenvalue weighted by Crippen LogP contribution is -2.39. The van der Waals surface area contributed by atoms with Crippen LogP contribution < -0.4 is 5.32 Å². The third-order valence-electron chi connectivity index (χ3n) is 4.28. The zero-order valence-corrected chi connectivity index (χ0v) is 15.9. The van der Waals surface area contributed by atoms with Gasteiger partial charge in [0.25, 0.3) is 0 Å². The number of benzene rings is 1. The maximum Gasteiger partial charge on any atom is 0.317 e. The van der Waals surface area contributed by atoms with Gasteiger partial charge in [-0.15, -0.1) is 0 Å². The molecule has 0 fully saturated rings. The lowest BCUT2D eigenvalue weighted by Gasteiger charge is -2.24. The Morgan fingerprint density at radius 2 is 1.80 bits per heavy atom. The zero-order chi connectivity index (χ0) is 18.4. The minimum atomic E-state index is -0.0762. The summed E-state index contributed by atoms with van der Waals surface area (Å²) >= 11 is 0. The largest absolute Gasteiger partial charge is 0.330 e. The van der Waals surface area contributed by atoms with E-state index in [1.165, 1.54) is 11.1 Å². The molecule has 1 aromatic carbocycles. The Bertz CT molecular complexity index is 695. The monoisotopic (exact) mass is 343 g/mol. The number of carbonyl (C=O) groups excluding carboxylic acids is 1. The first-order valence-electron chi connectivity index (χ1n) is 8.63. The minimum Gasteiger partial charge on any atom is -0.330 e. The highest BCUT2D eigenvalue weighted by atomic mass is 16.2. The van der Waals surface area contributed by atoms with Crippen LogP contribution in [0.4, 0.5) is 4.79 Å². The van der Waals surface area contributed by atoms with Crippen molar-refractivity contribution in [2.75, 3.05) is 21.1 Å². The molecule has 0 unspecified atom stereocenters. The first-order valence-corrected chi connectivity index (χ1v) is 8.63. The summed E-state index contributed by atoms with van der Waals surface area (Å²) in [4.78, 5) is 16.5. The molecule has 0 aliphatic carbocycles. The van der Waals surface area contributed by atoms with E-state index in [-0.39, 0.29) is 12.1 Å². The number of urea groups is 1. The molecular weight excluding hydrogens is 314 g/mol. The Balaban J connectivity index is 2.04. The fourth-order valence-electron chi connectivity index (χ4n) is 2.90. The van der Waals surface area contributed by atoms with Crippen molar-refractivity contribution in [3.63, 3.8) is 0 Å². The third kappa shape index (κ3) is 5.06. The molecule has 1 N–H and O–H groups in total. The molecule has 6 nitrogen and oxygen atoms in total. The van der Waals surface area contributed by atoms with Crippen molar-refractivity contribution >= 4 is 6.03 Å². The van der Waals surface area contributed by atoms with Gasteiger partial charge in [-0.25, -0.2) is 4.79 Å². The van der Waals surface area contributed by atoms with Crippen molar-refractivity contribution in [3.8, 4) is 0 Å². The van der Waals surface area contributed by atoms with E-state index in [9.17, 15) is 4.79 Å². The van der Waals surface area contributed by atoms with E-state index in [0.717, 1.165) is 18.7 Å². The van der Waals surface area contributed by atoms with Gasteiger partial charge in [-0.1, -0.05) is 31.2 Å². The molecule has 136 valence electrons. The van der Waals surface area contributed by atoms with E-state index < -0.39 is 0 Å². The van der Waals surface area contributed by atoms with Gasteiger partial charge in [-0.05, 0) is 37.7 Å². The predicted molar refractivity (Wildman–Crippen MR) is 100 cm³/mol. The van der Waals surface area contributed by atoms with Gasteiger partial charge in [-0.3, -0.25) is 4.68 Å². The zero-order valence-electron chi connectivity index (χ0n) is 15.9. The molecule has 1 aromatic heterocycles. The summed E-state index contributed by atoms with van der Waals surface area (Å²) in [5.74, 6) is 0. The SMILES string of the molecule is CC[C@@H](NC(=O)N(C)Cc1ccccc1CN(C)C)c1ccnn1C. The second-order valence-corrected chi connectivity index (χ2v) is 6.65. The molecular formula is C19H29N5O. The number of hydrogen-bond donors (Lipinski definition) is 1. The smallest absolute Gasteiger partial charge is 0.317 e. The van der Waals surface area contributed by atoms with Crippen LogP contribution in [0.25, 0.3) is 0 Å². The van der Waals surface area contributed by atoms with Crippen molar-refractivity contribution in [2.24, 2.45) is 7.05 Å². The summed E-state index contributed by atoms with van der Waals surface area (Å²) in [5.41, 5.74) is 3.42. The van der Waals surface area contributed by atoms with Gasteiger partial charge in [0.1, 0.15) is 0 Å². The molecule has 0 aliphatic rings. The number of rotatable bonds is 7. The number of amides is 2. The summed E-state index contributed by atoms with van der Waals surface area (Å²) < 4.78 is 1.81. The van der Waals surface area contributed by atoms with Gasteiger partial charge in [0, 0.05) is 33.4 Å². The first-order chi connectivity index (χ1) is 11.9. The van der Waals surface area contributed by atoms with Crippen LogP contribution in [0.3, 0.4) is 0 Å². The first kappa shape index (κ1) is 19.0. The molecule has 1 atom stereocenters. The van der Waals surface area contributed by atoms with Gasteiger partial charge in [0.2, 0.25) is 0 Å². The molecule has 2 amide bonds. The van der Waals surface area contributed by atoms with Gasteiger partial charge >= 0.3 is 6.03 Å².